The molecular formula is C59H96N10O11. The molecule has 0 unspecified atom stereocenters. The molecule has 0 aliphatic carbocycles. The van der Waals surface area contributed by atoms with E-state index >= 15 is 0 Å². The van der Waals surface area contributed by atoms with Crippen LogP contribution in [0.25, 0.3) is 0 Å². The van der Waals surface area contributed by atoms with Crippen LogP contribution in [0.2, 0.25) is 0 Å². The number of benzene rings is 1. The second-order valence-corrected chi connectivity index (χ2v) is 21.5. The first-order valence-corrected chi connectivity index (χ1v) is 29.3. The number of hydrogen-bond donors (Lipinski definition) is 10. The zero-order valence-corrected chi connectivity index (χ0v) is 47.8. The number of nitrogens with zero attached hydrogens (tertiary/aromatic N) is 2. The van der Waals surface area contributed by atoms with Gasteiger partial charge in [-0.15, -0.1) is 0 Å². The molecule has 1 heterocycles. The van der Waals surface area contributed by atoms with E-state index in [0.717, 1.165) is 19.3 Å². The third-order valence-electron chi connectivity index (χ3n) is 14.2. The van der Waals surface area contributed by atoms with Gasteiger partial charge in [0.05, 0.1) is 49.9 Å². The lowest BCUT2D eigenvalue weighted by Gasteiger charge is -2.25. The third-order valence-corrected chi connectivity index (χ3v) is 14.2. The summed E-state index contributed by atoms with van der Waals surface area (Å²) in [6.45, 7) is 2.97. The van der Waals surface area contributed by atoms with E-state index < -0.39 is 90.5 Å². The second kappa shape index (κ2) is 42.5. The van der Waals surface area contributed by atoms with E-state index in [0.29, 0.717) is 37.1 Å². The van der Waals surface area contributed by atoms with Crippen molar-refractivity contribution < 1.29 is 53.4 Å². The van der Waals surface area contributed by atoms with Gasteiger partial charge in [0.15, 0.2) is 29.1 Å². The topological polar surface area (TPSA) is 361 Å². The molecule has 4 amide bonds. The molecule has 0 saturated heterocycles. The van der Waals surface area contributed by atoms with Crippen LogP contribution in [0.15, 0.2) is 47.8 Å². The van der Waals surface area contributed by atoms with Crippen molar-refractivity contribution >= 4 is 58.7 Å². The highest BCUT2D eigenvalue weighted by molar-refractivity contribution is 5.96. The van der Waals surface area contributed by atoms with Crippen LogP contribution in [0.1, 0.15) is 186 Å². The monoisotopic (exact) mass is 1120 g/mol. The number of Topliss-reactive ketones (excluding diaryl/α,β-unsaturated/α-hetero) is 4. The van der Waals surface area contributed by atoms with Crippen LogP contribution in [-0.4, -0.2) is 124 Å². The molecule has 0 saturated carbocycles. The number of aliphatic carboxylic acids is 1. The molecule has 1 aromatic carbocycles. The average Bonchev–Trinajstić information content (AvgIpc) is 3.95. The van der Waals surface area contributed by atoms with Crippen LogP contribution < -0.4 is 38.5 Å². The highest BCUT2D eigenvalue weighted by atomic mass is 16.4. The molecule has 0 spiro atoms. The van der Waals surface area contributed by atoms with Crippen molar-refractivity contribution in [3.63, 3.8) is 0 Å². The Balaban J connectivity index is 2.13. The van der Waals surface area contributed by atoms with Crippen LogP contribution in [0.3, 0.4) is 0 Å². The van der Waals surface area contributed by atoms with Gasteiger partial charge in [0.1, 0.15) is 0 Å². The number of rotatable bonds is 49. The number of aromatic amines is 1. The zero-order valence-electron chi connectivity index (χ0n) is 47.8. The number of aliphatic hydroxyl groups is 1. The number of H-pyrrole nitrogens is 1. The minimum atomic E-state index is -1.19. The number of nitrogens with one attached hydrogen (secondary N) is 5. The first kappa shape index (κ1) is 69.8. The van der Waals surface area contributed by atoms with Gasteiger partial charge in [0.2, 0.25) is 23.6 Å². The first-order valence-electron chi connectivity index (χ1n) is 29.3. The van der Waals surface area contributed by atoms with Crippen molar-refractivity contribution in [3.05, 3.63) is 54.1 Å². The molecule has 80 heavy (non-hydrogen) atoms. The molecule has 13 N–H and O–H groups in total. The molecule has 0 bridgehead atoms. The standard InChI is InChI=1S/C59H96N10O11/c1-3-4-5-6-7-8-9-10-11-12-13-14-18-26-54(75)65-38-49(72)35-46(40-70)56(78)66-39-48(71)34-45(33-47-37-63-41-67-47)58(80)69-51(32-43-22-16-15-17-23-43)53(74)36-44(24-21-30-64-59(61)62)57(79)68-50(25-19-20-29-60)52(73)31-42(2)27-28-55(76)77/h15-17,22-23,37,41-42,44-46,50-51,70H,3-14,18-21,24-36,38-40,60H2,1-2H3,(H,63,67)(H,65,75)(H,66,78)(H,68,79)(H,69,80)(H,76,77)(H4,61,62,64)/t42-,44-,45-,46+,50+,51+/m1/s1. The summed E-state index contributed by atoms with van der Waals surface area (Å²) in [7, 11) is 0. The number of hydrogen-bond acceptors (Lipinski definition) is 13. The Morgan fingerprint density at radius 1 is 0.625 bits per heavy atom. The van der Waals surface area contributed by atoms with Crippen LogP contribution in [-0.2, 0) is 56.0 Å². The molecule has 0 radical (unpaired) electrons. The fourth-order valence-electron chi connectivity index (χ4n) is 9.47. The Labute approximate surface area is 473 Å². The fraction of sp³-hybridized carbons (Fsp3) is 0.678. The molecule has 0 aliphatic heterocycles. The number of carboxylic acid groups (broad SMARTS) is 1. The number of unbranched alkanes of at least 4 members (excludes halogenated alkanes) is 13. The molecule has 1 aromatic heterocycles. The molecule has 0 aliphatic rings. The van der Waals surface area contributed by atoms with Gasteiger partial charge in [-0.3, -0.25) is 48.1 Å². The Bertz CT molecular complexity index is 2170. The normalized spacial score (nSPS) is 13.4. The van der Waals surface area contributed by atoms with Crippen molar-refractivity contribution in [1.29, 1.82) is 0 Å². The zero-order chi connectivity index (χ0) is 58.9. The van der Waals surface area contributed by atoms with Crippen molar-refractivity contribution in [2.24, 2.45) is 45.9 Å². The Hall–Kier alpha value is -6.35. The van der Waals surface area contributed by atoms with Crippen LogP contribution in [0.5, 0.6) is 0 Å². The van der Waals surface area contributed by atoms with Crippen molar-refractivity contribution in [2.75, 3.05) is 32.8 Å². The average molecular weight is 1120 g/mol. The number of carbonyl (C=O) groups is 9. The Kier molecular flexibility index (Phi) is 37.1. The lowest BCUT2D eigenvalue weighted by Crippen LogP contribution is -2.48. The summed E-state index contributed by atoms with van der Waals surface area (Å²) in [6.07, 6.45) is 19.4. The fourth-order valence-corrected chi connectivity index (χ4v) is 9.47. The third kappa shape index (κ3) is 32.7. The summed E-state index contributed by atoms with van der Waals surface area (Å²) in [5.74, 6) is -8.75. The maximum atomic E-state index is 14.6. The highest BCUT2D eigenvalue weighted by Crippen LogP contribution is 2.21. The van der Waals surface area contributed by atoms with Gasteiger partial charge in [0, 0.05) is 69.3 Å². The number of ketones is 4. The van der Waals surface area contributed by atoms with Crippen molar-refractivity contribution in [3.8, 4) is 0 Å². The largest absolute Gasteiger partial charge is 0.481 e. The van der Waals surface area contributed by atoms with Gasteiger partial charge in [-0.2, -0.15) is 0 Å². The highest BCUT2D eigenvalue weighted by Gasteiger charge is 2.33. The van der Waals surface area contributed by atoms with E-state index in [4.69, 9.17) is 17.2 Å². The molecule has 6 atom stereocenters. The summed E-state index contributed by atoms with van der Waals surface area (Å²) >= 11 is 0. The minimum absolute atomic E-state index is 0.0130. The molecule has 21 heteroatoms. The number of aliphatic imine (C=N–C) groups is 1. The number of aromatic nitrogens is 2. The van der Waals surface area contributed by atoms with E-state index in [-0.39, 0.29) is 107 Å². The number of imidazole rings is 1. The van der Waals surface area contributed by atoms with E-state index in [9.17, 15) is 53.4 Å². The quantitative estimate of drug-likeness (QED) is 0.0230. The Morgan fingerprint density at radius 2 is 1.21 bits per heavy atom. The minimum Gasteiger partial charge on any atom is -0.481 e. The van der Waals surface area contributed by atoms with Gasteiger partial charge in [-0.25, -0.2) is 4.98 Å². The van der Waals surface area contributed by atoms with Crippen LogP contribution in [0.4, 0.5) is 0 Å². The molecule has 21 nitrogen and oxygen atoms in total. The second-order valence-electron chi connectivity index (χ2n) is 21.5. The van der Waals surface area contributed by atoms with Gasteiger partial charge >= 0.3 is 5.97 Å². The molecule has 0 fully saturated rings. The Morgan fingerprint density at radius 3 is 1.80 bits per heavy atom. The maximum Gasteiger partial charge on any atom is 0.303 e. The molecular weight excluding hydrogens is 1020 g/mol. The van der Waals surface area contributed by atoms with E-state index in [2.05, 4.69) is 43.2 Å². The molecule has 2 aromatic rings. The predicted octanol–water partition coefficient (Wildman–Crippen LogP) is 5.24. The van der Waals surface area contributed by atoms with Crippen molar-refractivity contribution in [2.45, 2.75) is 199 Å². The van der Waals surface area contributed by atoms with E-state index in [1.54, 1.807) is 37.3 Å². The summed E-state index contributed by atoms with van der Waals surface area (Å²) in [5, 5.41) is 30.0. The number of guanidine groups is 1. The van der Waals surface area contributed by atoms with Gasteiger partial charge in [-0.05, 0) is 69.4 Å². The molecule has 448 valence electrons. The van der Waals surface area contributed by atoms with Crippen LogP contribution >= 0.6 is 0 Å². The first-order chi connectivity index (χ1) is 38.4. The lowest BCUT2D eigenvalue weighted by atomic mass is 9.89. The van der Waals surface area contributed by atoms with Crippen LogP contribution in [0, 0.1) is 23.7 Å². The number of carbonyl (C=O) groups excluding carboxylic acids is 8. The maximum absolute atomic E-state index is 14.6. The smallest absolute Gasteiger partial charge is 0.303 e. The van der Waals surface area contributed by atoms with E-state index in [1.165, 1.54) is 70.3 Å². The van der Waals surface area contributed by atoms with Gasteiger partial charge in [-0.1, -0.05) is 121 Å². The van der Waals surface area contributed by atoms with Gasteiger partial charge < -0.3 is 53.7 Å². The SMILES string of the molecule is CCCCCCCCCCCCCCCC(=O)NCC(=O)C[C@@H](CO)C(=O)NCC(=O)C[C@@H](Cc1cnc[nH]1)C(=O)N[C@@H](Cc1ccccc1)C(=O)C[C@@H](CCCN=C(N)N)C(=O)N[C@@H](CCCCN)C(=O)C[C@H](C)CCC(=O)O. The van der Waals surface area contributed by atoms with Gasteiger partial charge in [0.25, 0.3) is 0 Å². The summed E-state index contributed by atoms with van der Waals surface area (Å²) in [4.78, 5) is 131. The summed E-state index contributed by atoms with van der Waals surface area (Å²) in [5.41, 5.74) is 18.0. The predicted molar refractivity (Wildman–Crippen MR) is 308 cm³/mol. The summed E-state index contributed by atoms with van der Waals surface area (Å²) in [6, 6.07) is 6.77. The van der Waals surface area contributed by atoms with E-state index in [1.807, 2.05) is 0 Å². The van der Waals surface area contributed by atoms with Crippen molar-refractivity contribution in [1.82, 2.24) is 31.2 Å². The number of aliphatic hydroxyl groups excluding tert-OH is 1. The lowest BCUT2D eigenvalue weighted by molar-refractivity contribution is -0.137. The molecule has 2 rings (SSSR count). The summed E-state index contributed by atoms with van der Waals surface area (Å²) < 4.78 is 0. The number of nitrogens with two attached hydrogens (primary N) is 3. The number of amides is 4. The number of carboxylic acids is 1.